The van der Waals surface area contributed by atoms with Gasteiger partial charge < -0.3 is 34.1 Å². The maximum atomic E-state index is 14.4. The largest absolute Gasteiger partial charge is 0.507 e. The van der Waals surface area contributed by atoms with E-state index in [1.807, 2.05) is 20.0 Å². The third-order valence-corrected chi connectivity index (χ3v) is 8.93. The van der Waals surface area contributed by atoms with E-state index in [1.54, 1.807) is 18.9 Å². The molecule has 42 heavy (non-hydrogen) atoms. The third kappa shape index (κ3) is 4.67. The number of ether oxygens (including phenoxy) is 4. The van der Waals surface area contributed by atoms with Gasteiger partial charge in [0.15, 0.2) is 23.0 Å². The highest BCUT2D eigenvalue weighted by molar-refractivity contribution is 5.91. The molecule has 1 fully saturated rings. The van der Waals surface area contributed by atoms with E-state index < -0.39 is 12.1 Å². The minimum Gasteiger partial charge on any atom is -0.507 e. The van der Waals surface area contributed by atoms with Gasteiger partial charge in [0.2, 0.25) is 5.91 Å². The predicted octanol–water partition coefficient (Wildman–Crippen LogP) is 5.56. The number of hydrogen-bond acceptors (Lipinski definition) is 8. The van der Waals surface area contributed by atoms with Crippen molar-refractivity contribution in [3.8, 4) is 28.7 Å². The molecule has 228 valence electrons. The minimum atomic E-state index is -0.651. The summed E-state index contributed by atoms with van der Waals surface area (Å²) in [6, 6.07) is 0.691. The number of phenols is 2. The number of phenolic OH excluding ortho intramolecular Hbond substituents is 2. The number of carbonyl (C=O) groups is 1. The Kier molecular flexibility index (Phi) is 8.62. The van der Waals surface area contributed by atoms with Crippen LogP contribution in [0.1, 0.15) is 85.0 Å². The van der Waals surface area contributed by atoms with E-state index in [9.17, 15) is 15.0 Å². The average Bonchev–Trinajstić information content (AvgIpc) is 2.96. The Morgan fingerprint density at radius 1 is 0.952 bits per heavy atom. The first-order valence-corrected chi connectivity index (χ1v) is 15.0. The highest BCUT2D eigenvalue weighted by atomic mass is 16.5. The number of carbonyl (C=O) groups excluding carboxylic acids is 1. The lowest BCUT2D eigenvalue weighted by Gasteiger charge is -2.53. The van der Waals surface area contributed by atoms with Crippen molar-refractivity contribution in [1.82, 2.24) is 9.80 Å². The van der Waals surface area contributed by atoms with Gasteiger partial charge in [-0.15, -0.1) is 0 Å². The molecule has 0 radical (unpaired) electrons. The lowest BCUT2D eigenvalue weighted by atomic mass is 9.78. The van der Waals surface area contributed by atoms with Gasteiger partial charge in [-0.25, -0.2) is 0 Å². The molecule has 3 heterocycles. The number of rotatable bonds is 11. The molecule has 3 atom stereocenters. The summed E-state index contributed by atoms with van der Waals surface area (Å²) in [6.07, 6.45) is 6.11. The van der Waals surface area contributed by atoms with Crippen molar-refractivity contribution < 1.29 is 34.0 Å². The van der Waals surface area contributed by atoms with Crippen molar-refractivity contribution in [2.75, 3.05) is 41.1 Å². The van der Waals surface area contributed by atoms with Crippen LogP contribution < -0.4 is 14.2 Å². The molecule has 2 unspecified atom stereocenters. The second-order valence-corrected chi connectivity index (χ2v) is 11.5. The molecular weight excluding hydrogens is 536 g/mol. The molecule has 9 heteroatoms. The van der Waals surface area contributed by atoms with Gasteiger partial charge in [0.05, 0.1) is 45.6 Å². The van der Waals surface area contributed by atoms with Gasteiger partial charge >= 0.3 is 0 Å². The van der Waals surface area contributed by atoms with E-state index in [1.165, 1.54) is 7.11 Å². The highest BCUT2D eigenvalue weighted by Gasteiger charge is 2.53. The Morgan fingerprint density at radius 2 is 1.64 bits per heavy atom. The zero-order valence-corrected chi connectivity index (χ0v) is 25.9. The van der Waals surface area contributed by atoms with Gasteiger partial charge in [-0.2, -0.15) is 0 Å². The maximum absolute atomic E-state index is 14.4. The van der Waals surface area contributed by atoms with Crippen molar-refractivity contribution in [3.63, 3.8) is 0 Å². The molecule has 2 bridgehead atoms. The second-order valence-electron chi connectivity index (χ2n) is 11.5. The molecule has 2 N–H and O–H groups in total. The van der Waals surface area contributed by atoms with E-state index >= 15 is 0 Å². The number of hydrogen-bond donors (Lipinski definition) is 2. The van der Waals surface area contributed by atoms with Crippen molar-refractivity contribution in [3.05, 3.63) is 45.1 Å². The number of likely N-dealkylation sites (N-methyl/N-ethyl adjacent to an activating group) is 1. The Balaban J connectivity index is 1.76. The van der Waals surface area contributed by atoms with Crippen LogP contribution in [0.3, 0.4) is 0 Å². The molecule has 1 saturated heterocycles. The Hall–Kier alpha value is -3.43. The van der Waals surface area contributed by atoms with Crippen LogP contribution in [0.5, 0.6) is 28.7 Å². The number of methoxy groups -OCH3 is 2. The number of benzene rings is 2. The normalized spacial score (nSPS) is 20.9. The number of unbranched alkanes of at least 4 members (excludes halogenated alkanes) is 2. The van der Waals surface area contributed by atoms with E-state index in [0.29, 0.717) is 53.5 Å². The van der Waals surface area contributed by atoms with Gasteiger partial charge in [0.25, 0.3) is 0 Å². The SMILES string of the molecule is CCCCOC[C@H]1c2c(O)c(OC)c(C)c(O)c2C=C2C3c4c(cc(C)c(OC)c4OCCCC)CC(C(=O)N21)N3C. The van der Waals surface area contributed by atoms with E-state index in [-0.39, 0.29) is 35.8 Å². The standard InChI is InChI=1S/C33H44N2O7/c1-8-10-12-41-17-24-26-21(28(36)19(4)31(40-7)29(26)37)16-22-27-25-20(15-23(34(27)5)33(38)35(22)24)14-18(3)30(39-6)32(25)42-13-11-9-2/h14,16,23-24,27,36-37H,8-13,15,17H2,1-7H3/t23?,24-,27?/m0/s1. The summed E-state index contributed by atoms with van der Waals surface area (Å²) in [4.78, 5) is 18.3. The Labute approximate surface area is 248 Å². The van der Waals surface area contributed by atoms with Gasteiger partial charge in [-0.1, -0.05) is 32.8 Å². The summed E-state index contributed by atoms with van der Waals surface area (Å²) in [6.45, 7) is 9.18. The summed E-state index contributed by atoms with van der Waals surface area (Å²) < 4.78 is 24.0. The number of amides is 1. The molecule has 0 aromatic heterocycles. The highest BCUT2D eigenvalue weighted by Crippen LogP contribution is 2.57. The molecule has 1 amide bonds. The molecule has 3 aliphatic heterocycles. The summed E-state index contributed by atoms with van der Waals surface area (Å²) >= 11 is 0. The van der Waals surface area contributed by atoms with Crippen molar-refractivity contribution in [2.45, 2.75) is 77.9 Å². The molecular formula is C33H44N2O7. The van der Waals surface area contributed by atoms with Crippen LogP contribution in [-0.2, 0) is 16.0 Å². The van der Waals surface area contributed by atoms with E-state index in [0.717, 1.165) is 42.4 Å². The zero-order chi connectivity index (χ0) is 30.3. The van der Waals surface area contributed by atoms with Gasteiger partial charge in [0.1, 0.15) is 5.75 Å². The van der Waals surface area contributed by atoms with Crippen LogP contribution in [0.25, 0.3) is 6.08 Å². The molecule has 0 saturated carbocycles. The number of nitrogens with zero attached hydrogens (tertiary/aromatic N) is 2. The molecule has 0 aliphatic carbocycles. The lowest BCUT2D eigenvalue weighted by molar-refractivity contribution is -0.145. The Bertz CT molecular complexity index is 1400. The number of fused-ring (bicyclic) bond motifs is 7. The van der Waals surface area contributed by atoms with Gasteiger partial charge in [-0.05, 0) is 57.4 Å². The van der Waals surface area contributed by atoms with Crippen molar-refractivity contribution in [1.29, 1.82) is 0 Å². The Morgan fingerprint density at radius 3 is 2.31 bits per heavy atom. The van der Waals surface area contributed by atoms with Crippen LogP contribution in [-0.4, -0.2) is 73.0 Å². The molecule has 2 aromatic carbocycles. The molecule has 2 aromatic rings. The van der Waals surface area contributed by atoms with Crippen LogP contribution in [0.15, 0.2) is 11.8 Å². The van der Waals surface area contributed by atoms with E-state index in [4.69, 9.17) is 18.9 Å². The first-order valence-electron chi connectivity index (χ1n) is 15.0. The van der Waals surface area contributed by atoms with Crippen LogP contribution in [0.4, 0.5) is 0 Å². The smallest absolute Gasteiger partial charge is 0.245 e. The average molecular weight is 581 g/mol. The first kappa shape index (κ1) is 30.0. The van der Waals surface area contributed by atoms with Gasteiger partial charge in [-0.3, -0.25) is 9.69 Å². The first-order chi connectivity index (χ1) is 20.2. The minimum absolute atomic E-state index is 0.0134. The van der Waals surface area contributed by atoms with E-state index in [2.05, 4.69) is 24.8 Å². The monoisotopic (exact) mass is 580 g/mol. The molecule has 9 nitrogen and oxygen atoms in total. The number of piperazine rings is 1. The zero-order valence-electron chi connectivity index (χ0n) is 25.9. The summed E-state index contributed by atoms with van der Waals surface area (Å²) in [5, 5.41) is 22.9. The molecule has 3 aliphatic rings. The quantitative estimate of drug-likeness (QED) is 0.263. The fourth-order valence-electron chi connectivity index (χ4n) is 6.77. The third-order valence-electron chi connectivity index (χ3n) is 8.93. The topological polar surface area (TPSA) is 101 Å². The number of aryl methyl sites for hydroxylation is 1. The van der Waals surface area contributed by atoms with Gasteiger partial charge in [0, 0.05) is 34.6 Å². The lowest BCUT2D eigenvalue weighted by Crippen LogP contribution is -2.60. The van der Waals surface area contributed by atoms with Crippen molar-refractivity contribution in [2.24, 2.45) is 0 Å². The van der Waals surface area contributed by atoms with Crippen LogP contribution >= 0.6 is 0 Å². The van der Waals surface area contributed by atoms with Crippen LogP contribution in [0.2, 0.25) is 0 Å². The second kappa shape index (κ2) is 12.1. The summed E-state index contributed by atoms with van der Waals surface area (Å²) in [5.74, 6) is 1.45. The molecule has 0 spiro atoms. The van der Waals surface area contributed by atoms with Crippen molar-refractivity contribution >= 4 is 12.0 Å². The van der Waals surface area contributed by atoms with Crippen LogP contribution in [0, 0.1) is 13.8 Å². The summed E-state index contributed by atoms with van der Waals surface area (Å²) in [5.41, 5.74) is 5.04. The fourth-order valence-corrected chi connectivity index (χ4v) is 6.77. The maximum Gasteiger partial charge on any atom is 0.245 e. The summed E-state index contributed by atoms with van der Waals surface area (Å²) in [7, 11) is 5.09. The number of aromatic hydroxyl groups is 2. The predicted molar refractivity (Wildman–Crippen MR) is 160 cm³/mol. The molecule has 5 rings (SSSR count). The fraction of sp³-hybridized carbons (Fsp3) is 0.545.